The molecule has 1 aromatic heterocycles. The molecule has 0 amide bonds. The molecule has 0 unspecified atom stereocenters. The maximum atomic E-state index is 9.93. The highest BCUT2D eigenvalue weighted by Gasteiger charge is 2.33. The van der Waals surface area contributed by atoms with Crippen molar-refractivity contribution in [3.63, 3.8) is 0 Å². The van der Waals surface area contributed by atoms with E-state index in [-0.39, 0.29) is 0 Å². The van der Waals surface area contributed by atoms with Crippen LogP contribution >= 0.6 is 0 Å². The van der Waals surface area contributed by atoms with Crippen LogP contribution in [0.3, 0.4) is 0 Å². The van der Waals surface area contributed by atoms with Gasteiger partial charge in [0, 0.05) is 19.5 Å². The fourth-order valence-corrected chi connectivity index (χ4v) is 2.30. The highest BCUT2D eigenvalue weighted by atomic mass is 16.3. The summed E-state index contributed by atoms with van der Waals surface area (Å²) in [6.07, 6.45) is 2.71. The van der Waals surface area contributed by atoms with Crippen molar-refractivity contribution >= 4 is 11.0 Å². The standard InChI is InChI=1S/C13H17N3O/c17-13(8-14-9-13)7-3-6-12-15-10-4-1-2-5-11(10)16-12/h1-2,4-5,14,17H,3,6-9H2,(H,15,16). The third kappa shape index (κ3) is 2.18. The number of hydrogen-bond acceptors (Lipinski definition) is 3. The van der Waals surface area contributed by atoms with Crippen molar-refractivity contribution in [1.29, 1.82) is 0 Å². The molecule has 1 aromatic carbocycles. The summed E-state index contributed by atoms with van der Waals surface area (Å²) in [5.41, 5.74) is 1.64. The molecule has 4 heteroatoms. The van der Waals surface area contributed by atoms with E-state index in [2.05, 4.69) is 15.3 Å². The van der Waals surface area contributed by atoms with Gasteiger partial charge in [0.2, 0.25) is 0 Å². The molecule has 90 valence electrons. The van der Waals surface area contributed by atoms with E-state index >= 15 is 0 Å². The SMILES string of the molecule is OC1(CCCc2nc3ccccc3[nH]2)CNC1. The normalized spacial score (nSPS) is 18.2. The number of aromatic nitrogens is 2. The maximum Gasteiger partial charge on any atom is 0.107 e. The lowest BCUT2D eigenvalue weighted by Gasteiger charge is -2.37. The lowest BCUT2D eigenvalue weighted by molar-refractivity contribution is -0.0186. The number of aryl methyl sites for hydroxylation is 1. The lowest BCUT2D eigenvalue weighted by atomic mass is 9.91. The maximum absolute atomic E-state index is 9.93. The zero-order valence-corrected chi connectivity index (χ0v) is 9.74. The Bertz CT molecular complexity index is 483. The van der Waals surface area contributed by atoms with Crippen LogP contribution in [0.1, 0.15) is 18.7 Å². The van der Waals surface area contributed by atoms with E-state index in [4.69, 9.17) is 0 Å². The fraction of sp³-hybridized carbons (Fsp3) is 0.462. The second-order valence-corrected chi connectivity index (χ2v) is 4.88. The highest BCUT2D eigenvalue weighted by molar-refractivity contribution is 5.74. The number of imidazole rings is 1. The molecule has 3 N–H and O–H groups in total. The van der Waals surface area contributed by atoms with Crippen molar-refractivity contribution in [3.05, 3.63) is 30.1 Å². The molecule has 1 fully saturated rings. The van der Waals surface area contributed by atoms with Gasteiger partial charge in [0.05, 0.1) is 16.6 Å². The summed E-state index contributed by atoms with van der Waals surface area (Å²) in [6, 6.07) is 8.05. The Labute approximate surface area is 100 Å². The number of fused-ring (bicyclic) bond motifs is 1. The van der Waals surface area contributed by atoms with E-state index in [0.717, 1.165) is 49.2 Å². The molecule has 2 heterocycles. The van der Waals surface area contributed by atoms with Gasteiger partial charge in [-0.25, -0.2) is 4.98 Å². The number of aliphatic hydroxyl groups is 1. The Hall–Kier alpha value is -1.39. The Morgan fingerprint density at radius 2 is 2.12 bits per heavy atom. The van der Waals surface area contributed by atoms with Crippen LogP contribution in [0, 0.1) is 0 Å². The predicted molar refractivity (Wildman–Crippen MR) is 66.9 cm³/mol. The molecular weight excluding hydrogens is 214 g/mol. The molecular formula is C13H17N3O. The van der Waals surface area contributed by atoms with E-state index in [1.807, 2.05) is 24.3 Å². The largest absolute Gasteiger partial charge is 0.387 e. The monoisotopic (exact) mass is 231 g/mol. The summed E-state index contributed by atoms with van der Waals surface area (Å²) >= 11 is 0. The Morgan fingerprint density at radius 3 is 2.82 bits per heavy atom. The number of para-hydroxylation sites is 2. The van der Waals surface area contributed by atoms with Gasteiger partial charge in [-0.05, 0) is 25.0 Å². The molecule has 0 radical (unpaired) electrons. The number of nitrogens with one attached hydrogen (secondary N) is 2. The van der Waals surface area contributed by atoms with Gasteiger partial charge in [-0.3, -0.25) is 0 Å². The molecule has 1 aliphatic heterocycles. The summed E-state index contributed by atoms with van der Waals surface area (Å²) < 4.78 is 0. The number of hydrogen-bond donors (Lipinski definition) is 3. The average Bonchev–Trinajstić information content (AvgIpc) is 2.69. The zero-order chi connectivity index (χ0) is 11.7. The molecule has 1 saturated heterocycles. The first-order valence-corrected chi connectivity index (χ1v) is 6.12. The molecule has 0 atom stereocenters. The van der Waals surface area contributed by atoms with Crippen molar-refractivity contribution in [2.45, 2.75) is 24.9 Å². The number of rotatable bonds is 4. The first-order valence-electron chi connectivity index (χ1n) is 6.12. The van der Waals surface area contributed by atoms with Crippen molar-refractivity contribution in [2.75, 3.05) is 13.1 Å². The quantitative estimate of drug-likeness (QED) is 0.741. The number of H-pyrrole nitrogens is 1. The molecule has 0 spiro atoms. The van der Waals surface area contributed by atoms with Crippen molar-refractivity contribution in [2.24, 2.45) is 0 Å². The van der Waals surface area contributed by atoms with Crippen LogP contribution in [-0.4, -0.2) is 33.8 Å². The number of nitrogens with zero attached hydrogens (tertiary/aromatic N) is 1. The summed E-state index contributed by atoms with van der Waals surface area (Å²) in [6.45, 7) is 1.46. The topological polar surface area (TPSA) is 60.9 Å². The number of β-amino-alcohol motifs (C(OH)–C–C–N with tert-alkyl or cyclic N) is 1. The molecule has 4 nitrogen and oxygen atoms in total. The van der Waals surface area contributed by atoms with Crippen LogP contribution in [0.25, 0.3) is 11.0 Å². The van der Waals surface area contributed by atoms with E-state index in [0.29, 0.717) is 0 Å². The molecule has 17 heavy (non-hydrogen) atoms. The summed E-state index contributed by atoms with van der Waals surface area (Å²) in [7, 11) is 0. The average molecular weight is 231 g/mol. The minimum absolute atomic E-state index is 0.466. The van der Waals surface area contributed by atoms with Gasteiger partial charge >= 0.3 is 0 Å². The van der Waals surface area contributed by atoms with E-state index in [1.54, 1.807) is 0 Å². The zero-order valence-electron chi connectivity index (χ0n) is 9.74. The second-order valence-electron chi connectivity index (χ2n) is 4.88. The number of aromatic amines is 1. The Kier molecular flexibility index (Phi) is 2.61. The molecule has 1 aliphatic rings. The summed E-state index contributed by atoms with van der Waals surface area (Å²) in [4.78, 5) is 7.83. The Morgan fingerprint density at radius 1 is 1.29 bits per heavy atom. The van der Waals surface area contributed by atoms with Crippen LogP contribution < -0.4 is 5.32 Å². The van der Waals surface area contributed by atoms with Crippen molar-refractivity contribution in [1.82, 2.24) is 15.3 Å². The van der Waals surface area contributed by atoms with Gasteiger partial charge in [0.15, 0.2) is 0 Å². The van der Waals surface area contributed by atoms with Crippen LogP contribution in [0.2, 0.25) is 0 Å². The van der Waals surface area contributed by atoms with Crippen LogP contribution in [0.4, 0.5) is 0 Å². The Balaban J connectivity index is 1.61. The van der Waals surface area contributed by atoms with Gasteiger partial charge in [0.25, 0.3) is 0 Å². The summed E-state index contributed by atoms with van der Waals surface area (Å²) in [5, 5.41) is 13.0. The van der Waals surface area contributed by atoms with Crippen LogP contribution in [-0.2, 0) is 6.42 Å². The first kappa shape index (κ1) is 10.7. The third-order valence-corrected chi connectivity index (χ3v) is 3.40. The van der Waals surface area contributed by atoms with Gasteiger partial charge in [-0.15, -0.1) is 0 Å². The second kappa shape index (κ2) is 4.13. The van der Waals surface area contributed by atoms with E-state index in [1.165, 1.54) is 0 Å². The van der Waals surface area contributed by atoms with Gasteiger partial charge in [-0.1, -0.05) is 12.1 Å². The van der Waals surface area contributed by atoms with E-state index < -0.39 is 5.60 Å². The molecule has 0 saturated carbocycles. The minimum atomic E-state index is -0.466. The predicted octanol–water partition coefficient (Wildman–Crippen LogP) is 1.22. The molecule has 0 bridgehead atoms. The van der Waals surface area contributed by atoms with Gasteiger partial charge < -0.3 is 15.4 Å². The smallest absolute Gasteiger partial charge is 0.107 e. The van der Waals surface area contributed by atoms with Crippen molar-refractivity contribution < 1.29 is 5.11 Å². The number of benzene rings is 1. The van der Waals surface area contributed by atoms with Gasteiger partial charge in [-0.2, -0.15) is 0 Å². The summed E-state index contributed by atoms with van der Waals surface area (Å²) in [5.74, 6) is 1.02. The third-order valence-electron chi connectivity index (χ3n) is 3.40. The highest BCUT2D eigenvalue weighted by Crippen LogP contribution is 2.19. The first-order chi connectivity index (χ1) is 8.25. The van der Waals surface area contributed by atoms with Crippen molar-refractivity contribution in [3.8, 4) is 0 Å². The van der Waals surface area contributed by atoms with Gasteiger partial charge in [0.1, 0.15) is 5.82 Å². The van der Waals surface area contributed by atoms with Crippen LogP contribution in [0.15, 0.2) is 24.3 Å². The van der Waals surface area contributed by atoms with E-state index in [9.17, 15) is 5.11 Å². The minimum Gasteiger partial charge on any atom is -0.387 e. The molecule has 2 aromatic rings. The molecule has 0 aliphatic carbocycles. The molecule has 3 rings (SSSR count). The fourth-order valence-electron chi connectivity index (χ4n) is 2.30. The lowest BCUT2D eigenvalue weighted by Crippen LogP contribution is -2.59. The van der Waals surface area contributed by atoms with Crippen LogP contribution in [0.5, 0.6) is 0 Å².